The summed E-state index contributed by atoms with van der Waals surface area (Å²) in [6, 6.07) is 0.263. The Bertz CT molecular complexity index is 338. The van der Waals surface area contributed by atoms with Gasteiger partial charge in [-0.15, -0.1) is 5.10 Å². The van der Waals surface area contributed by atoms with E-state index in [1.807, 2.05) is 13.2 Å². The number of rotatable bonds is 8. The minimum Gasteiger partial charge on any atom is -0.377 e. The number of ether oxygens (including phenoxy) is 1. The van der Waals surface area contributed by atoms with Crippen LogP contribution in [0.2, 0.25) is 0 Å². The van der Waals surface area contributed by atoms with E-state index in [9.17, 15) is 0 Å². The van der Waals surface area contributed by atoms with Crippen LogP contribution in [-0.2, 0) is 18.2 Å². The minimum atomic E-state index is -0.131. The molecule has 1 unspecified atom stereocenters. The summed E-state index contributed by atoms with van der Waals surface area (Å²) in [5, 5.41) is 11.7. The second kappa shape index (κ2) is 6.85. The van der Waals surface area contributed by atoms with Crippen molar-refractivity contribution < 1.29 is 4.74 Å². The van der Waals surface area contributed by atoms with Crippen molar-refractivity contribution in [2.75, 3.05) is 13.7 Å². The van der Waals surface area contributed by atoms with Gasteiger partial charge in [-0.05, 0) is 19.4 Å². The van der Waals surface area contributed by atoms with Gasteiger partial charge in [0.05, 0.1) is 11.3 Å². The van der Waals surface area contributed by atoms with Crippen molar-refractivity contribution in [3.8, 4) is 0 Å². The summed E-state index contributed by atoms with van der Waals surface area (Å²) in [7, 11) is 3.69. The lowest BCUT2D eigenvalue weighted by Crippen LogP contribution is -2.52. The quantitative estimate of drug-likeness (QED) is 0.764. The maximum atomic E-state index is 5.81. The summed E-state index contributed by atoms with van der Waals surface area (Å²) < 4.78 is 7.55. The third-order valence-electron chi connectivity index (χ3n) is 3.75. The topological polar surface area (TPSA) is 52.0 Å². The Morgan fingerprint density at radius 1 is 1.39 bits per heavy atom. The summed E-state index contributed by atoms with van der Waals surface area (Å²) in [6.45, 7) is 7.40. The van der Waals surface area contributed by atoms with Gasteiger partial charge < -0.3 is 10.1 Å². The molecule has 0 radical (unpaired) electrons. The van der Waals surface area contributed by atoms with Gasteiger partial charge in [-0.25, -0.2) is 0 Å². The van der Waals surface area contributed by atoms with E-state index in [2.05, 4.69) is 36.4 Å². The first kappa shape index (κ1) is 15.1. The Labute approximate surface area is 110 Å². The summed E-state index contributed by atoms with van der Waals surface area (Å²) in [5.41, 5.74) is 0.875. The van der Waals surface area contributed by atoms with Crippen LogP contribution in [0.25, 0.3) is 0 Å². The molecule has 1 atom stereocenters. The van der Waals surface area contributed by atoms with Gasteiger partial charge in [-0.1, -0.05) is 26.0 Å². The van der Waals surface area contributed by atoms with Gasteiger partial charge in [0.2, 0.25) is 0 Å². The number of nitrogens with one attached hydrogen (secondary N) is 1. The van der Waals surface area contributed by atoms with E-state index in [4.69, 9.17) is 4.74 Å². The highest BCUT2D eigenvalue weighted by atomic mass is 16.5. The molecule has 0 saturated heterocycles. The van der Waals surface area contributed by atoms with Crippen molar-refractivity contribution in [3.63, 3.8) is 0 Å². The first-order chi connectivity index (χ1) is 8.61. The minimum absolute atomic E-state index is 0.131. The van der Waals surface area contributed by atoms with E-state index >= 15 is 0 Å². The SMILES string of the molecule is CCNC(Cc1cn(C)nn1)C(CC)(CC)OC. The van der Waals surface area contributed by atoms with Crippen molar-refractivity contribution in [2.45, 2.75) is 51.7 Å². The molecule has 1 heterocycles. The van der Waals surface area contributed by atoms with E-state index in [-0.39, 0.29) is 11.6 Å². The van der Waals surface area contributed by atoms with Gasteiger partial charge >= 0.3 is 0 Å². The van der Waals surface area contributed by atoms with Crippen molar-refractivity contribution in [2.24, 2.45) is 7.05 Å². The lowest BCUT2D eigenvalue weighted by molar-refractivity contribution is -0.0470. The van der Waals surface area contributed by atoms with Gasteiger partial charge in [-0.2, -0.15) is 0 Å². The molecule has 5 heteroatoms. The smallest absolute Gasteiger partial charge is 0.0843 e. The molecule has 0 saturated carbocycles. The van der Waals surface area contributed by atoms with E-state index in [1.165, 1.54) is 0 Å². The van der Waals surface area contributed by atoms with Crippen LogP contribution in [0, 0.1) is 0 Å². The fourth-order valence-corrected chi connectivity index (χ4v) is 2.56. The predicted molar refractivity (Wildman–Crippen MR) is 72.5 cm³/mol. The molecule has 18 heavy (non-hydrogen) atoms. The average Bonchev–Trinajstić information content (AvgIpc) is 2.78. The van der Waals surface area contributed by atoms with Crippen LogP contribution in [0.5, 0.6) is 0 Å². The fourth-order valence-electron chi connectivity index (χ4n) is 2.56. The zero-order valence-corrected chi connectivity index (χ0v) is 12.2. The highest BCUT2D eigenvalue weighted by Crippen LogP contribution is 2.26. The molecule has 1 aromatic rings. The number of aryl methyl sites for hydroxylation is 1. The number of likely N-dealkylation sites (N-methyl/N-ethyl adjacent to an activating group) is 1. The highest BCUT2D eigenvalue weighted by molar-refractivity contribution is 5.02. The van der Waals surface area contributed by atoms with Crippen LogP contribution < -0.4 is 5.32 Å². The van der Waals surface area contributed by atoms with Gasteiger partial charge in [0.25, 0.3) is 0 Å². The largest absolute Gasteiger partial charge is 0.377 e. The molecule has 1 rings (SSSR count). The second-order valence-electron chi connectivity index (χ2n) is 4.67. The lowest BCUT2D eigenvalue weighted by Gasteiger charge is -2.38. The summed E-state index contributed by atoms with van der Waals surface area (Å²) in [6.07, 6.45) is 4.78. The second-order valence-corrected chi connectivity index (χ2v) is 4.67. The Hall–Kier alpha value is -0.940. The van der Waals surface area contributed by atoms with E-state index < -0.39 is 0 Å². The zero-order valence-electron chi connectivity index (χ0n) is 12.2. The fraction of sp³-hybridized carbons (Fsp3) is 0.846. The van der Waals surface area contributed by atoms with Crippen LogP contribution in [-0.4, -0.2) is 40.3 Å². The molecule has 0 bridgehead atoms. The molecule has 5 nitrogen and oxygen atoms in total. The van der Waals surface area contributed by atoms with Crippen LogP contribution in [0.3, 0.4) is 0 Å². The standard InChI is InChI=1S/C13H26N4O/c1-6-13(7-2,18-5)12(14-8-3)9-11-10-17(4)16-15-11/h10,12,14H,6-9H2,1-5H3. The van der Waals surface area contributed by atoms with Gasteiger partial charge in [-0.3, -0.25) is 4.68 Å². The Morgan fingerprint density at radius 3 is 2.44 bits per heavy atom. The first-order valence-corrected chi connectivity index (χ1v) is 6.75. The van der Waals surface area contributed by atoms with Crippen molar-refractivity contribution >= 4 is 0 Å². The maximum absolute atomic E-state index is 5.81. The van der Waals surface area contributed by atoms with E-state index in [0.29, 0.717) is 0 Å². The normalized spacial score (nSPS) is 13.8. The third-order valence-corrected chi connectivity index (χ3v) is 3.75. The first-order valence-electron chi connectivity index (χ1n) is 6.75. The Balaban J connectivity index is 2.86. The van der Waals surface area contributed by atoms with Crippen molar-refractivity contribution in [1.29, 1.82) is 0 Å². The lowest BCUT2D eigenvalue weighted by atomic mass is 9.85. The van der Waals surface area contributed by atoms with Gasteiger partial charge in [0, 0.05) is 32.8 Å². The molecule has 104 valence electrons. The molecule has 0 aliphatic heterocycles. The molecule has 0 aromatic carbocycles. The monoisotopic (exact) mass is 254 g/mol. The maximum Gasteiger partial charge on any atom is 0.0843 e. The third kappa shape index (κ3) is 3.29. The molecule has 1 N–H and O–H groups in total. The number of hydrogen-bond donors (Lipinski definition) is 1. The molecule has 0 aliphatic rings. The molecular formula is C13H26N4O. The van der Waals surface area contributed by atoms with Gasteiger partial charge in [0.1, 0.15) is 0 Å². The van der Waals surface area contributed by atoms with Crippen molar-refractivity contribution in [3.05, 3.63) is 11.9 Å². The summed E-state index contributed by atoms with van der Waals surface area (Å²) >= 11 is 0. The Morgan fingerprint density at radius 2 is 2.06 bits per heavy atom. The van der Waals surface area contributed by atoms with Crippen LogP contribution in [0.15, 0.2) is 6.20 Å². The molecule has 0 fully saturated rings. The van der Waals surface area contributed by atoms with Crippen molar-refractivity contribution in [1.82, 2.24) is 20.3 Å². The number of nitrogens with zero attached hydrogens (tertiary/aromatic N) is 3. The van der Waals surface area contributed by atoms with E-state index in [1.54, 1.807) is 11.8 Å². The summed E-state index contributed by atoms with van der Waals surface area (Å²) in [4.78, 5) is 0. The highest BCUT2D eigenvalue weighted by Gasteiger charge is 2.35. The van der Waals surface area contributed by atoms with Crippen LogP contribution in [0.1, 0.15) is 39.3 Å². The molecule has 1 aromatic heterocycles. The summed E-state index contributed by atoms with van der Waals surface area (Å²) in [5.74, 6) is 0. The number of methoxy groups -OCH3 is 1. The zero-order chi connectivity index (χ0) is 13.6. The van der Waals surface area contributed by atoms with Gasteiger partial charge in [0.15, 0.2) is 0 Å². The van der Waals surface area contributed by atoms with Crippen LogP contribution in [0.4, 0.5) is 0 Å². The van der Waals surface area contributed by atoms with Crippen LogP contribution >= 0.6 is 0 Å². The number of hydrogen-bond acceptors (Lipinski definition) is 4. The molecule has 0 spiro atoms. The Kier molecular flexibility index (Phi) is 5.75. The molecule has 0 aliphatic carbocycles. The number of aromatic nitrogens is 3. The predicted octanol–water partition coefficient (Wildman–Crippen LogP) is 1.54. The molecular weight excluding hydrogens is 228 g/mol. The van der Waals surface area contributed by atoms with E-state index in [0.717, 1.165) is 31.5 Å². The molecule has 0 amide bonds. The average molecular weight is 254 g/mol.